The Morgan fingerprint density at radius 3 is 2.67 bits per heavy atom. The van der Waals surface area contributed by atoms with Gasteiger partial charge in [-0.25, -0.2) is 9.78 Å². The number of allylic oxidation sites excluding steroid dienone is 1. The lowest BCUT2D eigenvalue weighted by atomic mass is 9.86. The van der Waals surface area contributed by atoms with E-state index in [1.54, 1.807) is 7.11 Å². The van der Waals surface area contributed by atoms with Crippen molar-refractivity contribution in [2.24, 2.45) is 0 Å². The van der Waals surface area contributed by atoms with Crippen LogP contribution in [0.4, 0.5) is 0 Å². The maximum Gasteiger partial charge on any atom is 0.336 e. The lowest BCUT2D eigenvalue weighted by Gasteiger charge is -2.21. The van der Waals surface area contributed by atoms with Gasteiger partial charge in [0.15, 0.2) is 0 Å². The summed E-state index contributed by atoms with van der Waals surface area (Å²) in [4.78, 5) is 17.0. The number of carboxylic acid groups (broad SMARTS) is 1. The number of methoxy groups -OCH3 is 1. The van der Waals surface area contributed by atoms with E-state index in [4.69, 9.17) is 9.72 Å². The summed E-state index contributed by atoms with van der Waals surface area (Å²) in [7, 11) is 1.67. The summed E-state index contributed by atoms with van der Waals surface area (Å²) in [6.45, 7) is 0. The van der Waals surface area contributed by atoms with Crippen LogP contribution in [0.25, 0.3) is 33.3 Å². The number of hydrogen-bond acceptors (Lipinski definition) is 3. The number of hydrogen-bond donors (Lipinski definition) is 1. The molecular weight excluding hydrogens is 374 g/mol. The van der Waals surface area contributed by atoms with Gasteiger partial charge >= 0.3 is 5.97 Å². The number of aromatic carboxylic acids is 1. The molecule has 0 aliphatic heterocycles. The minimum Gasteiger partial charge on any atom is -0.497 e. The van der Waals surface area contributed by atoms with Crippen LogP contribution in [0.15, 0.2) is 60.7 Å². The second-order valence-electron chi connectivity index (χ2n) is 7.63. The first-order chi connectivity index (χ1) is 14.6. The number of pyridine rings is 1. The van der Waals surface area contributed by atoms with Crippen molar-refractivity contribution in [2.75, 3.05) is 7.11 Å². The van der Waals surface area contributed by atoms with Gasteiger partial charge in [0, 0.05) is 5.39 Å². The van der Waals surface area contributed by atoms with Crippen molar-refractivity contribution < 1.29 is 14.6 Å². The fourth-order valence-electron chi connectivity index (χ4n) is 4.38. The summed E-state index contributed by atoms with van der Waals surface area (Å²) in [6, 6.07) is 19.9. The third-order valence-electron chi connectivity index (χ3n) is 5.80. The van der Waals surface area contributed by atoms with E-state index in [2.05, 4.69) is 30.3 Å². The molecule has 0 amide bonds. The summed E-state index contributed by atoms with van der Waals surface area (Å²) in [5.41, 5.74) is 4.98. The highest BCUT2D eigenvalue weighted by atomic mass is 16.5. The Bertz CT molecular complexity index is 1340. The third-order valence-corrected chi connectivity index (χ3v) is 5.80. The molecule has 0 saturated carbocycles. The number of carboxylic acids is 1. The molecular formula is C26H21NO3. The topological polar surface area (TPSA) is 59.4 Å². The van der Waals surface area contributed by atoms with Gasteiger partial charge in [-0.3, -0.25) is 0 Å². The third kappa shape index (κ3) is 3.11. The number of aromatic nitrogens is 1. The summed E-state index contributed by atoms with van der Waals surface area (Å²) in [6.07, 6.45) is 4.70. The first kappa shape index (κ1) is 18.4. The lowest BCUT2D eigenvalue weighted by Crippen LogP contribution is -2.13. The van der Waals surface area contributed by atoms with Crippen molar-refractivity contribution >= 4 is 39.3 Å². The van der Waals surface area contributed by atoms with Crippen LogP contribution in [-0.4, -0.2) is 23.2 Å². The van der Waals surface area contributed by atoms with Gasteiger partial charge in [-0.1, -0.05) is 36.4 Å². The van der Waals surface area contributed by atoms with E-state index >= 15 is 0 Å². The number of ether oxygens (including phenoxy) is 1. The van der Waals surface area contributed by atoms with Gasteiger partial charge in [0.2, 0.25) is 0 Å². The summed E-state index contributed by atoms with van der Waals surface area (Å²) in [5, 5.41) is 12.9. The molecule has 4 nitrogen and oxygen atoms in total. The fraction of sp³-hybridized carbons (Fsp3) is 0.154. The molecule has 0 bridgehead atoms. The monoisotopic (exact) mass is 395 g/mol. The summed E-state index contributed by atoms with van der Waals surface area (Å²) >= 11 is 0. The van der Waals surface area contributed by atoms with Crippen molar-refractivity contribution in [3.05, 3.63) is 83.0 Å². The van der Waals surface area contributed by atoms with Gasteiger partial charge < -0.3 is 9.84 Å². The molecule has 1 aliphatic rings. The second kappa shape index (κ2) is 7.30. The van der Waals surface area contributed by atoms with Gasteiger partial charge in [-0.15, -0.1) is 0 Å². The van der Waals surface area contributed by atoms with Crippen LogP contribution in [0.3, 0.4) is 0 Å². The molecule has 1 N–H and O–H groups in total. The molecule has 4 aromatic rings. The van der Waals surface area contributed by atoms with E-state index in [0.29, 0.717) is 10.9 Å². The zero-order valence-electron chi connectivity index (χ0n) is 16.7. The average molecular weight is 395 g/mol. The molecule has 0 fully saturated rings. The molecule has 0 spiro atoms. The van der Waals surface area contributed by atoms with E-state index in [0.717, 1.165) is 63.7 Å². The smallest absolute Gasteiger partial charge is 0.336 e. The largest absolute Gasteiger partial charge is 0.497 e. The van der Waals surface area contributed by atoms with Crippen LogP contribution >= 0.6 is 0 Å². The predicted molar refractivity (Wildman–Crippen MR) is 120 cm³/mol. The maximum atomic E-state index is 12.1. The van der Waals surface area contributed by atoms with Crippen LogP contribution in [0, 0.1) is 0 Å². The first-order valence-corrected chi connectivity index (χ1v) is 10.1. The highest BCUT2D eigenvalue weighted by Crippen LogP contribution is 2.36. The standard InChI is InChI=1S/C26H21NO3/c1-30-20-12-11-17-13-16(9-10-18(17)15-20)14-19-5-4-7-22-24(26(28)29)21-6-2-3-8-23(21)27-25(19)22/h2-3,6,8-15H,4-5,7H2,1H3,(H,28,29)/b19-14+. The SMILES string of the molecule is COc1ccc2cc(/C=C3\CCCc4c3nc3ccccc3c4C(=O)O)ccc2c1. The number of para-hydroxylation sites is 1. The number of carbonyl (C=O) groups is 1. The van der Waals surface area contributed by atoms with Crippen molar-refractivity contribution in [1.29, 1.82) is 0 Å². The Morgan fingerprint density at radius 1 is 1.03 bits per heavy atom. The van der Waals surface area contributed by atoms with Gasteiger partial charge in [0.05, 0.1) is 23.9 Å². The Kier molecular flexibility index (Phi) is 4.47. The van der Waals surface area contributed by atoms with Crippen LogP contribution < -0.4 is 4.74 Å². The molecule has 0 radical (unpaired) electrons. The van der Waals surface area contributed by atoms with Crippen molar-refractivity contribution in [2.45, 2.75) is 19.3 Å². The number of benzene rings is 3. The van der Waals surface area contributed by atoms with Gasteiger partial charge in [-0.05, 0) is 77.1 Å². The zero-order chi connectivity index (χ0) is 20.7. The van der Waals surface area contributed by atoms with Crippen molar-refractivity contribution in [3.63, 3.8) is 0 Å². The predicted octanol–water partition coefficient (Wildman–Crippen LogP) is 5.97. The van der Waals surface area contributed by atoms with Gasteiger partial charge in [-0.2, -0.15) is 0 Å². The quantitative estimate of drug-likeness (QED) is 0.464. The number of rotatable bonds is 3. The van der Waals surface area contributed by atoms with Crippen molar-refractivity contribution in [1.82, 2.24) is 4.98 Å². The summed E-state index contributed by atoms with van der Waals surface area (Å²) < 4.78 is 5.31. The number of fused-ring (bicyclic) bond motifs is 3. The molecule has 3 aromatic carbocycles. The number of nitrogens with zero attached hydrogens (tertiary/aromatic N) is 1. The molecule has 0 atom stereocenters. The van der Waals surface area contributed by atoms with Crippen LogP contribution in [0.2, 0.25) is 0 Å². The Labute approximate surface area is 174 Å². The molecule has 0 unspecified atom stereocenters. The summed E-state index contributed by atoms with van der Waals surface area (Å²) in [5.74, 6) is -0.0437. The minimum absolute atomic E-state index is 0.395. The lowest BCUT2D eigenvalue weighted by molar-refractivity contribution is 0.0697. The Balaban J connectivity index is 1.66. The van der Waals surface area contributed by atoms with E-state index in [1.165, 1.54) is 0 Å². The minimum atomic E-state index is -0.884. The van der Waals surface area contributed by atoms with E-state index < -0.39 is 5.97 Å². The van der Waals surface area contributed by atoms with Crippen molar-refractivity contribution in [3.8, 4) is 5.75 Å². The van der Waals surface area contributed by atoms with Crippen LogP contribution in [-0.2, 0) is 6.42 Å². The normalized spacial score (nSPS) is 14.8. The van der Waals surface area contributed by atoms with Crippen LogP contribution in [0.5, 0.6) is 5.75 Å². The first-order valence-electron chi connectivity index (χ1n) is 10.1. The van der Waals surface area contributed by atoms with Gasteiger partial charge in [0.1, 0.15) is 5.75 Å². The fourth-order valence-corrected chi connectivity index (χ4v) is 4.38. The molecule has 1 aromatic heterocycles. The van der Waals surface area contributed by atoms with Crippen LogP contribution in [0.1, 0.15) is 40.0 Å². The molecule has 1 heterocycles. The molecule has 0 saturated heterocycles. The molecule has 1 aliphatic carbocycles. The van der Waals surface area contributed by atoms with E-state index in [9.17, 15) is 9.90 Å². The molecule has 5 rings (SSSR count). The van der Waals surface area contributed by atoms with Gasteiger partial charge in [0.25, 0.3) is 0 Å². The molecule has 30 heavy (non-hydrogen) atoms. The Morgan fingerprint density at radius 2 is 1.83 bits per heavy atom. The van der Waals surface area contributed by atoms with E-state index in [-0.39, 0.29) is 0 Å². The Hall–Kier alpha value is -3.66. The highest BCUT2D eigenvalue weighted by molar-refractivity contribution is 6.06. The maximum absolute atomic E-state index is 12.1. The average Bonchev–Trinajstić information content (AvgIpc) is 2.77. The molecule has 148 valence electrons. The zero-order valence-corrected chi connectivity index (χ0v) is 16.7. The molecule has 4 heteroatoms. The van der Waals surface area contributed by atoms with E-state index in [1.807, 2.05) is 36.4 Å². The highest BCUT2D eigenvalue weighted by Gasteiger charge is 2.24. The second-order valence-corrected chi connectivity index (χ2v) is 7.63.